The minimum absolute atomic E-state index is 0.0324. The van der Waals surface area contributed by atoms with Crippen LogP contribution in [-0.2, 0) is 9.59 Å². The summed E-state index contributed by atoms with van der Waals surface area (Å²) in [6.07, 6.45) is 4.60. The summed E-state index contributed by atoms with van der Waals surface area (Å²) < 4.78 is 5.02. The first-order valence-corrected chi connectivity index (χ1v) is 9.11. The number of aromatic nitrogens is 1. The average molecular weight is 350 g/mol. The standard InChI is InChI=1S/C18H30N4O3/c1-5-6-9-15(17(23)19-16-11-13(2)25-20-16)22-10-7-8-14(12-22)18(24)21(3)4/h11,14-15H,5-10,12H2,1-4H3,(H,19,20,23). The summed E-state index contributed by atoms with van der Waals surface area (Å²) in [5.74, 6) is 1.15. The predicted molar refractivity (Wildman–Crippen MR) is 96.2 cm³/mol. The third kappa shape index (κ3) is 5.29. The fraction of sp³-hybridized carbons (Fsp3) is 0.722. The van der Waals surface area contributed by atoms with Gasteiger partial charge in [0.1, 0.15) is 5.76 Å². The highest BCUT2D eigenvalue weighted by atomic mass is 16.5. The second kappa shape index (κ2) is 8.99. The summed E-state index contributed by atoms with van der Waals surface area (Å²) in [7, 11) is 3.57. The van der Waals surface area contributed by atoms with Gasteiger partial charge in [0.2, 0.25) is 11.8 Å². The molecule has 1 saturated heterocycles. The van der Waals surface area contributed by atoms with Crippen LogP contribution in [0.1, 0.15) is 44.8 Å². The lowest BCUT2D eigenvalue weighted by atomic mass is 9.94. The number of rotatable bonds is 7. The fourth-order valence-electron chi connectivity index (χ4n) is 3.37. The van der Waals surface area contributed by atoms with Crippen molar-refractivity contribution in [3.05, 3.63) is 11.8 Å². The Balaban J connectivity index is 2.06. The molecule has 1 aliphatic heterocycles. The highest BCUT2D eigenvalue weighted by Crippen LogP contribution is 2.23. The number of likely N-dealkylation sites (tertiary alicyclic amines) is 1. The van der Waals surface area contributed by atoms with Gasteiger partial charge in [0.05, 0.1) is 12.0 Å². The number of piperidine rings is 1. The highest BCUT2D eigenvalue weighted by molar-refractivity contribution is 5.94. The molecule has 0 aromatic carbocycles. The Bertz CT molecular complexity index is 585. The summed E-state index contributed by atoms with van der Waals surface area (Å²) in [6.45, 7) is 5.39. The molecule has 1 aromatic heterocycles. The second-order valence-corrected chi connectivity index (χ2v) is 7.04. The lowest BCUT2D eigenvalue weighted by molar-refractivity contribution is -0.136. The molecule has 0 spiro atoms. The van der Waals surface area contributed by atoms with Gasteiger partial charge >= 0.3 is 0 Å². The molecule has 2 amide bonds. The summed E-state index contributed by atoms with van der Waals surface area (Å²) in [5.41, 5.74) is 0. The van der Waals surface area contributed by atoms with Crippen molar-refractivity contribution in [3.8, 4) is 0 Å². The van der Waals surface area contributed by atoms with E-state index in [0.717, 1.165) is 38.6 Å². The third-order valence-corrected chi connectivity index (χ3v) is 4.70. The molecule has 1 fully saturated rings. The number of carbonyl (C=O) groups excluding carboxylic acids is 2. The van der Waals surface area contributed by atoms with E-state index in [1.165, 1.54) is 0 Å². The molecule has 1 aliphatic rings. The van der Waals surface area contributed by atoms with Crippen molar-refractivity contribution in [2.75, 3.05) is 32.5 Å². The molecule has 2 heterocycles. The van der Waals surface area contributed by atoms with Crippen LogP contribution in [0.25, 0.3) is 0 Å². The first kappa shape index (κ1) is 19.4. The molecule has 2 atom stereocenters. The Morgan fingerprint density at radius 3 is 2.84 bits per heavy atom. The van der Waals surface area contributed by atoms with E-state index in [4.69, 9.17) is 4.52 Å². The topological polar surface area (TPSA) is 78.7 Å². The maximum atomic E-state index is 12.8. The van der Waals surface area contributed by atoms with Gasteiger partial charge in [-0.05, 0) is 32.7 Å². The largest absolute Gasteiger partial charge is 0.360 e. The van der Waals surface area contributed by atoms with Crippen LogP contribution in [-0.4, -0.2) is 60.0 Å². The molecule has 0 radical (unpaired) electrons. The molecule has 25 heavy (non-hydrogen) atoms. The van der Waals surface area contributed by atoms with E-state index >= 15 is 0 Å². The van der Waals surface area contributed by atoms with Crippen LogP contribution in [0.5, 0.6) is 0 Å². The molecule has 1 aromatic rings. The van der Waals surface area contributed by atoms with E-state index in [1.807, 2.05) is 0 Å². The first-order chi connectivity index (χ1) is 11.9. The maximum Gasteiger partial charge on any atom is 0.242 e. The van der Waals surface area contributed by atoms with Crippen LogP contribution < -0.4 is 5.32 Å². The maximum absolute atomic E-state index is 12.8. The molecule has 2 rings (SSSR count). The lowest BCUT2D eigenvalue weighted by Gasteiger charge is -2.37. The third-order valence-electron chi connectivity index (χ3n) is 4.70. The van der Waals surface area contributed by atoms with Crippen molar-refractivity contribution in [3.63, 3.8) is 0 Å². The van der Waals surface area contributed by atoms with Gasteiger partial charge in [-0.25, -0.2) is 0 Å². The molecule has 0 aliphatic carbocycles. The summed E-state index contributed by atoms with van der Waals surface area (Å²) in [5, 5.41) is 6.70. The minimum Gasteiger partial charge on any atom is -0.360 e. The van der Waals surface area contributed by atoms with Crippen LogP contribution in [0.4, 0.5) is 5.82 Å². The van der Waals surface area contributed by atoms with Gasteiger partial charge in [-0.1, -0.05) is 24.9 Å². The number of unbranched alkanes of at least 4 members (excludes halogenated alkanes) is 1. The number of nitrogens with one attached hydrogen (secondary N) is 1. The zero-order valence-corrected chi connectivity index (χ0v) is 15.7. The number of carbonyl (C=O) groups is 2. The molecular weight excluding hydrogens is 320 g/mol. The van der Waals surface area contributed by atoms with Crippen molar-refractivity contribution < 1.29 is 14.1 Å². The highest BCUT2D eigenvalue weighted by Gasteiger charge is 2.33. The molecule has 7 nitrogen and oxygen atoms in total. The molecule has 1 N–H and O–H groups in total. The number of amides is 2. The molecule has 140 valence electrons. The zero-order chi connectivity index (χ0) is 18.4. The van der Waals surface area contributed by atoms with Crippen molar-refractivity contribution in [1.29, 1.82) is 0 Å². The minimum atomic E-state index is -0.241. The average Bonchev–Trinajstić information content (AvgIpc) is 2.99. The number of aryl methyl sites for hydroxylation is 1. The van der Waals surface area contributed by atoms with E-state index in [2.05, 4.69) is 22.3 Å². The van der Waals surface area contributed by atoms with E-state index in [9.17, 15) is 9.59 Å². The van der Waals surface area contributed by atoms with Crippen molar-refractivity contribution in [2.45, 2.75) is 52.0 Å². The normalized spacial score (nSPS) is 19.4. The van der Waals surface area contributed by atoms with E-state index in [-0.39, 0.29) is 23.8 Å². The molecule has 0 saturated carbocycles. The van der Waals surface area contributed by atoms with Crippen molar-refractivity contribution in [2.24, 2.45) is 5.92 Å². The van der Waals surface area contributed by atoms with E-state index in [1.54, 1.807) is 32.0 Å². The summed E-state index contributed by atoms with van der Waals surface area (Å²) in [4.78, 5) is 28.9. The van der Waals surface area contributed by atoms with Gasteiger partial charge in [0.15, 0.2) is 5.82 Å². The summed E-state index contributed by atoms with van der Waals surface area (Å²) >= 11 is 0. The van der Waals surface area contributed by atoms with E-state index in [0.29, 0.717) is 18.1 Å². The first-order valence-electron chi connectivity index (χ1n) is 9.11. The quantitative estimate of drug-likeness (QED) is 0.816. The van der Waals surface area contributed by atoms with Gasteiger partial charge in [-0.2, -0.15) is 0 Å². The van der Waals surface area contributed by atoms with Crippen molar-refractivity contribution in [1.82, 2.24) is 15.0 Å². The predicted octanol–water partition coefficient (Wildman–Crippen LogP) is 2.28. The number of nitrogens with zero attached hydrogens (tertiary/aromatic N) is 3. The van der Waals surface area contributed by atoms with Crippen LogP contribution in [0, 0.1) is 12.8 Å². The van der Waals surface area contributed by atoms with Gasteiger partial charge < -0.3 is 14.7 Å². The lowest BCUT2D eigenvalue weighted by Crippen LogP contribution is -2.51. The van der Waals surface area contributed by atoms with Crippen molar-refractivity contribution >= 4 is 17.6 Å². The Morgan fingerprint density at radius 2 is 2.24 bits per heavy atom. The Morgan fingerprint density at radius 1 is 1.48 bits per heavy atom. The monoisotopic (exact) mass is 350 g/mol. The number of hydrogen-bond donors (Lipinski definition) is 1. The van der Waals surface area contributed by atoms with Gasteiger partial charge in [-0.15, -0.1) is 0 Å². The summed E-state index contributed by atoms with van der Waals surface area (Å²) in [6, 6.07) is 1.47. The molecule has 2 unspecified atom stereocenters. The Hall–Kier alpha value is -1.89. The van der Waals surface area contributed by atoms with Gasteiger partial charge in [-0.3, -0.25) is 14.5 Å². The number of hydrogen-bond acceptors (Lipinski definition) is 5. The van der Waals surface area contributed by atoms with Crippen LogP contribution >= 0.6 is 0 Å². The number of anilines is 1. The van der Waals surface area contributed by atoms with Gasteiger partial charge in [0, 0.05) is 26.7 Å². The van der Waals surface area contributed by atoms with Crippen LogP contribution in [0.15, 0.2) is 10.6 Å². The fourth-order valence-corrected chi connectivity index (χ4v) is 3.37. The molecule has 0 bridgehead atoms. The SMILES string of the molecule is CCCCC(C(=O)Nc1cc(C)on1)N1CCCC(C(=O)N(C)C)C1. The van der Waals surface area contributed by atoms with Gasteiger partial charge in [0.25, 0.3) is 0 Å². The van der Waals surface area contributed by atoms with Crippen LogP contribution in [0.3, 0.4) is 0 Å². The second-order valence-electron chi connectivity index (χ2n) is 7.04. The Kier molecular flexibility index (Phi) is 6.99. The molecule has 7 heteroatoms. The smallest absolute Gasteiger partial charge is 0.242 e. The zero-order valence-electron chi connectivity index (χ0n) is 15.7. The van der Waals surface area contributed by atoms with E-state index < -0.39 is 0 Å². The Labute approximate surface area is 149 Å². The molecular formula is C18H30N4O3. The van der Waals surface area contributed by atoms with Crippen LogP contribution in [0.2, 0.25) is 0 Å².